The van der Waals surface area contributed by atoms with Gasteiger partial charge in [0.1, 0.15) is 6.07 Å². The largest absolute Gasteiger partial charge is 0.465 e. The second-order valence-corrected chi connectivity index (χ2v) is 6.10. The van der Waals surface area contributed by atoms with Gasteiger partial charge in [0, 0.05) is 12.0 Å². The summed E-state index contributed by atoms with van der Waals surface area (Å²) in [6.07, 6.45) is 9.90. The lowest BCUT2D eigenvalue weighted by atomic mass is 9.65. The van der Waals surface area contributed by atoms with Crippen molar-refractivity contribution in [1.82, 2.24) is 0 Å². The highest BCUT2D eigenvalue weighted by atomic mass is 16.6. The summed E-state index contributed by atoms with van der Waals surface area (Å²) in [7, 11) is 0. The molecule has 0 saturated carbocycles. The zero-order valence-electron chi connectivity index (χ0n) is 14.0. The molecule has 128 valence electrons. The van der Waals surface area contributed by atoms with Crippen molar-refractivity contribution in [1.29, 1.82) is 5.26 Å². The Kier molecular flexibility index (Phi) is 5.61. The Morgan fingerprint density at radius 1 is 1.42 bits per heavy atom. The number of hydrogen-bond donors (Lipinski definition) is 0. The van der Waals surface area contributed by atoms with Crippen LogP contribution >= 0.6 is 0 Å². The molecule has 0 bridgehead atoms. The van der Waals surface area contributed by atoms with E-state index in [1.807, 2.05) is 18.2 Å². The highest BCUT2D eigenvalue weighted by molar-refractivity contribution is 5.83. The van der Waals surface area contributed by atoms with Crippen molar-refractivity contribution in [2.24, 2.45) is 5.41 Å². The number of fused-ring (bicyclic) bond motifs is 1. The van der Waals surface area contributed by atoms with Crippen molar-refractivity contribution in [2.45, 2.75) is 51.0 Å². The molecule has 0 amide bonds. The Bertz CT molecular complexity index is 628. The predicted molar refractivity (Wildman–Crippen MR) is 88.6 cm³/mol. The Morgan fingerprint density at radius 3 is 2.83 bits per heavy atom. The molecule has 5 heteroatoms. The summed E-state index contributed by atoms with van der Waals surface area (Å²) < 4.78 is 10.9. The number of ether oxygens (including phenoxy) is 2. The number of nitrogens with zero attached hydrogens (tertiary/aromatic N) is 1. The minimum absolute atomic E-state index is 0.0207. The maximum atomic E-state index is 12.8. The molecule has 0 aromatic heterocycles. The molecule has 0 saturated heterocycles. The fourth-order valence-electron chi connectivity index (χ4n) is 3.53. The van der Waals surface area contributed by atoms with E-state index in [-0.39, 0.29) is 25.4 Å². The number of esters is 2. The van der Waals surface area contributed by atoms with Gasteiger partial charge in [-0.05, 0) is 32.6 Å². The first-order chi connectivity index (χ1) is 11.5. The van der Waals surface area contributed by atoms with E-state index in [1.54, 1.807) is 6.92 Å². The van der Waals surface area contributed by atoms with Gasteiger partial charge in [-0.2, -0.15) is 5.26 Å². The molecule has 0 radical (unpaired) electrons. The zero-order valence-corrected chi connectivity index (χ0v) is 14.0. The van der Waals surface area contributed by atoms with Crippen LogP contribution < -0.4 is 0 Å². The van der Waals surface area contributed by atoms with Crippen molar-refractivity contribution in [3.05, 3.63) is 36.5 Å². The molecule has 2 aliphatic carbocycles. The molecule has 0 spiro atoms. The normalized spacial score (nSPS) is 28.6. The van der Waals surface area contributed by atoms with Crippen LogP contribution in [-0.4, -0.2) is 24.1 Å². The maximum absolute atomic E-state index is 12.8. The molecule has 0 aliphatic heterocycles. The van der Waals surface area contributed by atoms with E-state index in [9.17, 15) is 14.9 Å². The van der Waals surface area contributed by atoms with Gasteiger partial charge < -0.3 is 9.47 Å². The second kappa shape index (κ2) is 7.48. The summed E-state index contributed by atoms with van der Waals surface area (Å²) >= 11 is 0. The van der Waals surface area contributed by atoms with E-state index in [0.717, 1.165) is 12.8 Å². The average Bonchev–Trinajstić information content (AvgIpc) is 2.74. The minimum Gasteiger partial charge on any atom is -0.465 e. The van der Waals surface area contributed by atoms with E-state index in [2.05, 4.69) is 12.6 Å². The topological polar surface area (TPSA) is 76.4 Å². The van der Waals surface area contributed by atoms with Gasteiger partial charge in [0.2, 0.25) is 5.60 Å². The Labute approximate surface area is 142 Å². The Hall–Kier alpha value is -2.35. The molecule has 0 N–H and O–H groups in total. The van der Waals surface area contributed by atoms with E-state index < -0.39 is 17.0 Å². The van der Waals surface area contributed by atoms with Crippen LogP contribution in [0.2, 0.25) is 0 Å². The fourth-order valence-corrected chi connectivity index (χ4v) is 3.53. The number of allylic oxidation sites excluding steroid dienone is 2. The van der Waals surface area contributed by atoms with Crippen molar-refractivity contribution in [3.63, 3.8) is 0 Å². The van der Waals surface area contributed by atoms with Crippen molar-refractivity contribution >= 4 is 11.9 Å². The van der Waals surface area contributed by atoms with Gasteiger partial charge in [0.05, 0.1) is 18.4 Å². The molecule has 0 fully saturated rings. The van der Waals surface area contributed by atoms with Gasteiger partial charge in [0.25, 0.3) is 0 Å². The first kappa shape index (κ1) is 18.0. The third-order valence-electron chi connectivity index (χ3n) is 4.59. The first-order valence-electron chi connectivity index (χ1n) is 8.32. The van der Waals surface area contributed by atoms with Crippen molar-refractivity contribution in [3.8, 4) is 6.07 Å². The smallest absolute Gasteiger partial charge is 0.316 e. The van der Waals surface area contributed by atoms with Gasteiger partial charge in [-0.3, -0.25) is 9.59 Å². The fraction of sp³-hybridized carbons (Fsp3) is 0.526. The highest BCUT2D eigenvalue weighted by Crippen LogP contribution is 2.50. The molecule has 2 atom stereocenters. The van der Waals surface area contributed by atoms with Crippen LogP contribution in [0, 0.1) is 16.7 Å². The van der Waals surface area contributed by atoms with Crippen LogP contribution in [0.15, 0.2) is 36.5 Å². The Morgan fingerprint density at radius 2 is 2.17 bits per heavy atom. The maximum Gasteiger partial charge on any atom is 0.316 e. The van der Waals surface area contributed by atoms with Crippen molar-refractivity contribution < 1.29 is 19.1 Å². The summed E-state index contributed by atoms with van der Waals surface area (Å²) in [4.78, 5) is 24.8. The third-order valence-corrected chi connectivity index (χ3v) is 4.59. The lowest BCUT2D eigenvalue weighted by molar-refractivity contribution is -0.159. The summed E-state index contributed by atoms with van der Waals surface area (Å²) in [6.45, 7) is 5.55. The molecular formula is C19H23NO4. The number of carbonyl (C=O) groups is 2. The van der Waals surface area contributed by atoms with Gasteiger partial charge in [0.15, 0.2) is 0 Å². The number of hydrogen-bond acceptors (Lipinski definition) is 5. The van der Waals surface area contributed by atoms with Gasteiger partial charge >= 0.3 is 11.9 Å². The average molecular weight is 329 g/mol. The molecule has 0 heterocycles. The van der Waals surface area contributed by atoms with E-state index in [4.69, 9.17) is 9.47 Å². The summed E-state index contributed by atoms with van der Waals surface area (Å²) in [5, 5.41) is 9.87. The third kappa shape index (κ3) is 3.14. The first-order valence-corrected chi connectivity index (χ1v) is 8.32. The summed E-state index contributed by atoms with van der Waals surface area (Å²) in [6, 6.07) is 2.16. The molecular weight excluding hydrogens is 306 g/mol. The standard InChI is InChI=1S/C19H23NO4/c1-3-9-16(21)24-19(14-20)13-8-7-12-18(17(22)23-4-2)11-6-5-10-15(18)19/h3,7-8,10H,1,4-6,9,11-13H2,2H3. The van der Waals surface area contributed by atoms with Crippen LogP contribution in [-0.2, 0) is 19.1 Å². The van der Waals surface area contributed by atoms with Crippen LogP contribution in [0.4, 0.5) is 0 Å². The molecule has 0 aromatic carbocycles. The minimum atomic E-state index is -1.46. The van der Waals surface area contributed by atoms with Gasteiger partial charge in [-0.1, -0.05) is 24.3 Å². The van der Waals surface area contributed by atoms with Gasteiger partial charge in [-0.25, -0.2) is 0 Å². The van der Waals surface area contributed by atoms with Crippen LogP contribution in [0.1, 0.15) is 45.4 Å². The molecule has 2 aliphatic rings. The number of nitriles is 1. The Balaban J connectivity index is 2.51. The molecule has 0 aromatic rings. The lowest BCUT2D eigenvalue weighted by Gasteiger charge is -2.41. The molecule has 2 rings (SSSR count). The zero-order chi connectivity index (χ0) is 17.6. The van der Waals surface area contributed by atoms with Crippen LogP contribution in [0.5, 0.6) is 0 Å². The van der Waals surface area contributed by atoms with E-state index in [0.29, 0.717) is 18.4 Å². The molecule has 24 heavy (non-hydrogen) atoms. The lowest BCUT2D eigenvalue weighted by Crippen LogP contribution is -2.47. The predicted octanol–water partition coefficient (Wildman–Crippen LogP) is 3.38. The number of rotatable bonds is 5. The van der Waals surface area contributed by atoms with Crippen molar-refractivity contribution in [2.75, 3.05) is 6.61 Å². The molecule has 2 unspecified atom stereocenters. The second-order valence-electron chi connectivity index (χ2n) is 6.10. The quantitative estimate of drug-likeness (QED) is 0.571. The monoisotopic (exact) mass is 329 g/mol. The van der Waals surface area contributed by atoms with Gasteiger partial charge in [-0.15, -0.1) is 6.58 Å². The van der Waals surface area contributed by atoms with Crippen LogP contribution in [0.3, 0.4) is 0 Å². The summed E-state index contributed by atoms with van der Waals surface area (Å²) in [5.41, 5.74) is -1.81. The van der Waals surface area contributed by atoms with Crippen LogP contribution in [0.25, 0.3) is 0 Å². The SMILES string of the molecule is C=CCC(=O)OC1(C#N)CC=CCC2(C(=O)OCC)CCCC=C12. The molecule has 5 nitrogen and oxygen atoms in total. The van der Waals surface area contributed by atoms with E-state index >= 15 is 0 Å². The summed E-state index contributed by atoms with van der Waals surface area (Å²) in [5.74, 6) is -0.868. The number of carbonyl (C=O) groups excluding carboxylic acids is 2. The van der Waals surface area contributed by atoms with E-state index in [1.165, 1.54) is 6.08 Å². The highest BCUT2D eigenvalue weighted by Gasteiger charge is 2.54.